The summed E-state index contributed by atoms with van der Waals surface area (Å²) < 4.78 is 5.84. The van der Waals surface area contributed by atoms with Gasteiger partial charge >= 0.3 is 18.0 Å². The normalized spacial score (nSPS) is 27.9. The van der Waals surface area contributed by atoms with Crippen LogP contribution in [0.3, 0.4) is 0 Å². The standard InChI is InChI=1S/C23H36O7.C19H25N7O4/c1-4-13(2)23(29)30-20-11-17(25)9-15-6-5-14(3)19(22(15)20)8-7-16(24)10-18(26)12-21(27)28;1-21-17-16(18(27)22(2)19(21)28)25(13-20-17)12-9-23-7-10-24(11-8-23)14-5-3-4-6-15(14)26(29)30/h5-6,9,13-14,16-20,22,24-26H,4,7-8,10-12H2,1-3H3,(H,27,28);3-6,13,16-17H,7-12H2,1-2H3/t13-,14-,16+,17+,18+,19-,20-,22-;/m0./s1. The van der Waals surface area contributed by atoms with E-state index in [9.17, 15) is 44.6 Å². The van der Waals surface area contributed by atoms with Gasteiger partial charge in [0.15, 0.2) is 12.2 Å². The van der Waals surface area contributed by atoms with Crippen molar-refractivity contribution in [2.45, 2.75) is 95.9 Å². The Balaban J connectivity index is 0.000000228. The number of aliphatic hydroxyl groups is 3. The van der Waals surface area contributed by atoms with Crippen LogP contribution in [-0.2, 0) is 19.1 Å². The number of carbonyl (C=O) groups excluding carboxylic acids is 3. The lowest BCUT2D eigenvalue weighted by Gasteiger charge is -2.43. The number of hydrogen-bond acceptors (Lipinski definition) is 14. The smallest absolute Gasteiger partial charge is 0.328 e. The Morgan fingerprint density at radius 1 is 1.07 bits per heavy atom. The molecular formula is C42H61N7O11. The molecule has 0 bridgehead atoms. The lowest BCUT2D eigenvalue weighted by molar-refractivity contribution is -0.384. The van der Waals surface area contributed by atoms with E-state index in [-0.39, 0.29) is 65.0 Å². The number of aliphatic imine (C=N–C) groups is 1. The fraction of sp³-hybridized carbons (Fsp3) is 0.643. The van der Waals surface area contributed by atoms with Crippen molar-refractivity contribution < 1.29 is 49.3 Å². The Kier molecular flexibility index (Phi) is 15.8. The number of nitrogens with zero attached hydrogens (tertiary/aromatic N) is 7. The van der Waals surface area contributed by atoms with Gasteiger partial charge in [0.1, 0.15) is 11.8 Å². The molecule has 330 valence electrons. The number of carbonyl (C=O) groups is 4. The molecule has 2 saturated heterocycles. The fourth-order valence-electron chi connectivity index (χ4n) is 8.77. The molecular weight excluding hydrogens is 778 g/mol. The van der Waals surface area contributed by atoms with Crippen molar-refractivity contribution in [3.05, 3.63) is 58.2 Å². The number of likely N-dealkylation sites (N-methyl/N-ethyl adjacent to an activating group) is 2. The maximum Gasteiger partial charge on any atom is 0.328 e. The number of amides is 3. The number of imide groups is 1. The maximum absolute atomic E-state index is 12.6. The molecule has 0 radical (unpaired) electrons. The molecule has 60 heavy (non-hydrogen) atoms. The van der Waals surface area contributed by atoms with Crippen molar-refractivity contribution in [3.8, 4) is 0 Å². The zero-order valence-electron chi connectivity index (χ0n) is 35.2. The summed E-state index contributed by atoms with van der Waals surface area (Å²) >= 11 is 0. The topological polar surface area (TPSA) is 230 Å². The number of carboxylic acids is 1. The Morgan fingerprint density at radius 3 is 2.43 bits per heavy atom. The zero-order chi connectivity index (χ0) is 43.8. The summed E-state index contributed by atoms with van der Waals surface area (Å²) in [6.45, 7) is 10.2. The van der Waals surface area contributed by atoms with Crippen LogP contribution in [0.1, 0.15) is 59.3 Å². The number of carboxylic acid groups (broad SMARTS) is 1. The molecule has 3 aliphatic heterocycles. The second-order valence-corrected chi connectivity index (χ2v) is 16.6. The van der Waals surface area contributed by atoms with Crippen molar-refractivity contribution in [2.75, 3.05) is 58.3 Å². The molecule has 0 spiro atoms. The molecule has 2 aliphatic carbocycles. The third kappa shape index (κ3) is 11.1. The van der Waals surface area contributed by atoms with Crippen LogP contribution in [0.2, 0.25) is 0 Å². The van der Waals surface area contributed by atoms with Crippen molar-refractivity contribution in [3.63, 3.8) is 0 Å². The van der Waals surface area contributed by atoms with Gasteiger partial charge in [-0.3, -0.25) is 34.3 Å². The fourth-order valence-corrected chi connectivity index (χ4v) is 8.77. The number of allylic oxidation sites excluding steroid dienone is 2. The number of urea groups is 1. The van der Waals surface area contributed by atoms with Gasteiger partial charge in [0.25, 0.3) is 11.6 Å². The summed E-state index contributed by atoms with van der Waals surface area (Å²) in [4.78, 5) is 72.0. The number of fused-ring (bicyclic) bond motifs is 2. The zero-order valence-corrected chi connectivity index (χ0v) is 35.2. The molecule has 0 saturated carbocycles. The Morgan fingerprint density at radius 2 is 1.77 bits per heavy atom. The van der Waals surface area contributed by atoms with E-state index in [2.05, 4.69) is 22.9 Å². The van der Waals surface area contributed by atoms with Crippen LogP contribution in [-0.4, -0.2) is 165 Å². The number of esters is 1. The van der Waals surface area contributed by atoms with Crippen LogP contribution in [0, 0.1) is 33.8 Å². The average molecular weight is 840 g/mol. The molecule has 2 fully saturated rings. The highest BCUT2D eigenvalue weighted by Gasteiger charge is 2.48. The van der Waals surface area contributed by atoms with Crippen LogP contribution in [0.25, 0.3) is 0 Å². The Bertz CT molecular complexity index is 1800. The molecule has 1 aromatic rings. The van der Waals surface area contributed by atoms with E-state index in [1.54, 1.807) is 25.5 Å². The number of nitro benzene ring substituents is 1. The first kappa shape index (κ1) is 46.2. The molecule has 3 amide bonds. The number of piperazine rings is 1. The number of aliphatic carboxylic acids is 1. The first-order valence-corrected chi connectivity index (χ1v) is 20.9. The van der Waals surface area contributed by atoms with Gasteiger partial charge in [0.2, 0.25) is 0 Å². The summed E-state index contributed by atoms with van der Waals surface area (Å²) in [5.74, 6) is -1.54. The van der Waals surface area contributed by atoms with E-state index in [1.807, 2.05) is 41.9 Å². The van der Waals surface area contributed by atoms with Crippen molar-refractivity contribution >= 4 is 41.6 Å². The molecule has 3 heterocycles. The predicted octanol–water partition coefficient (Wildman–Crippen LogP) is 2.72. The van der Waals surface area contributed by atoms with E-state index in [0.717, 1.165) is 30.1 Å². The summed E-state index contributed by atoms with van der Waals surface area (Å²) in [6.07, 6.45) is 5.83. The van der Waals surface area contributed by atoms with Gasteiger partial charge in [-0.15, -0.1) is 0 Å². The predicted molar refractivity (Wildman–Crippen MR) is 222 cm³/mol. The molecule has 6 rings (SSSR count). The van der Waals surface area contributed by atoms with Gasteiger partial charge in [-0.05, 0) is 49.2 Å². The SMILES string of the molecule is CC[C@H](C)C(=O)O[C@H]1C[C@H](O)C=C2C=C[C@H](C)[C@H](CC[C@@H](O)C[C@@H](O)CC(=O)O)[C@H]21.CN1C(=O)C2C(N=CN2CCN2CCN(c3ccccc3[N+](=O)[O-])CC2)N(C)C1=O. The number of ether oxygens (including phenoxy) is 1. The second-order valence-electron chi connectivity index (χ2n) is 16.6. The lowest BCUT2D eigenvalue weighted by atomic mass is 9.66. The van der Waals surface area contributed by atoms with E-state index >= 15 is 0 Å². The third-order valence-electron chi connectivity index (χ3n) is 12.5. The highest BCUT2D eigenvalue weighted by Crippen LogP contribution is 2.44. The summed E-state index contributed by atoms with van der Waals surface area (Å²) in [5, 5.41) is 50.3. The minimum atomic E-state index is -1.10. The van der Waals surface area contributed by atoms with Gasteiger partial charge in [-0.25, -0.2) is 9.79 Å². The molecule has 18 nitrogen and oxygen atoms in total. The average Bonchev–Trinajstić information content (AvgIpc) is 3.65. The molecule has 5 aliphatic rings. The first-order valence-electron chi connectivity index (χ1n) is 20.9. The largest absolute Gasteiger partial charge is 0.481 e. The maximum atomic E-state index is 12.6. The van der Waals surface area contributed by atoms with Crippen LogP contribution in [0.4, 0.5) is 16.2 Å². The van der Waals surface area contributed by atoms with E-state index in [4.69, 9.17) is 9.84 Å². The Hall–Kier alpha value is -4.91. The molecule has 10 atom stereocenters. The molecule has 4 N–H and O–H groups in total. The van der Waals surface area contributed by atoms with Gasteiger partial charge in [0.05, 0.1) is 41.9 Å². The third-order valence-corrected chi connectivity index (χ3v) is 12.5. The molecule has 18 heteroatoms. The van der Waals surface area contributed by atoms with E-state index in [0.29, 0.717) is 51.0 Å². The highest BCUT2D eigenvalue weighted by molar-refractivity contribution is 6.01. The van der Waals surface area contributed by atoms with Crippen LogP contribution >= 0.6 is 0 Å². The summed E-state index contributed by atoms with van der Waals surface area (Å²) in [7, 11) is 3.15. The number of aliphatic hydroxyl groups excluding tert-OH is 3. The van der Waals surface area contributed by atoms with Crippen LogP contribution in [0.15, 0.2) is 53.1 Å². The molecule has 0 aromatic heterocycles. The number of para-hydroxylation sites is 2. The van der Waals surface area contributed by atoms with E-state index in [1.165, 1.54) is 18.0 Å². The van der Waals surface area contributed by atoms with Gasteiger partial charge in [0, 0.05) is 71.8 Å². The number of hydrogen-bond donors (Lipinski definition) is 4. The van der Waals surface area contributed by atoms with Crippen LogP contribution < -0.4 is 4.90 Å². The minimum absolute atomic E-state index is 0.0156. The minimum Gasteiger partial charge on any atom is -0.481 e. The van der Waals surface area contributed by atoms with Crippen LogP contribution in [0.5, 0.6) is 0 Å². The monoisotopic (exact) mass is 839 g/mol. The van der Waals surface area contributed by atoms with Crippen molar-refractivity contribution in [1.29, 1.82) is 0 Å². The second kappa shape index (κ2) is 20.6. The number of nitro groups is 1. The van der Waals surface area contributed by atoms with Gasteiger partial charge in [-0.2, -0.15) is 0 Å². The first-order chi connectivity index (χ1) is 28.5. The quantitative estimate of drug-likeness (QED) is 0.113. The van der Waals surface area contributed by atoms with E-state index < -0.39 is 42.6 Å². The number of rotatable bonds is 15. The number of anilines is 1. The summed E-state index contributed by atoms with van der Waals surface area (Å²) in [6, 6.07) is 6.00. The highest BCUT2D eigenvalue weighted by atomic mass is 16.6. The van der Waals surface area contributed by atoms with Crippen molar-refractivity contribution in [1.82, 2.24) is 19.6 Å². The number of benzene rings is 1. The molecule has 2 unspecified atom stereocenters. The van der Waals surface area contributed by atoms with Gasteiger partial charge in [-0.1, -0.05) is 51.1 Å². The lowest BCUT2D eigenvalue weighted by Crippen LogP contribution is -2.64. The van der Waals surface area contributed by atoms with Crippen molar-refractivity contribution in [2.24, 2.45) is 28.7 Å². The Labute approximate surface area is 350 Å². The molecule has 1 aromatic carbocycles. The summed E-state index contributed by atoms with van der Waals surface area (Å²) in [5.41, 5.74) is 1.74. The van der Waals surface area contributed by atoms with Gasteiger partial charge < -0.3 is 39.9 Å².